The lowest BCUT2D eigenvalue weighted by molar-refractivity contribution is 0.0702. The zero-order chi connectivity index (χ0) is 13.1. The number of aryl methyl sites for hydroxylation is 1. The molecule has 5 heteroatoms. The number of para-hydroxylation sites is 1. The second-order valence-electron chi connectivity index (χ2n) is 3.72. The van der Waals surface area contributed by atoms with Gasteiger partial charge in [-0.25, -0.2) is 4.79 Å². The van der Waals surface area contributed by atoms with Crippen molar-refractivity contribution < 1.29 is 14.6 Å². The van der Waals surface area contributed by atoms with Crippen molar-refractivity contribution in [3.05, 3.63) is 50.1 Å². The van der Waals surface area contributed by atoms with Gasteiger partial charge in [0.05, 0.1) is 4.47 Å². The first-order valence-corrected chi connectivity index (χ1v) is 6.89. The van der Waals surface area contributed by atoms with E-state index in [1.165, 1.54) is 11.3 Å². The molecule has 0 saturated heterocycles. The molecule has 0 bridgehead atoms. The summed E-state index contributed by atoms with van der Waals surface area (Å²) in [5.41, 5.74) is 0.910. The van der Waals surface area contributed by atoms with Gasteiger partial charge in [-0.3, -0.25) is 0 Å². The number of hydrogen-bond acceptors (Lipinski definition) is 3. The van der Waals surface area contributed by atoms with Crippen molar-refractivity contribution in [1.29, 1.82) is 0 Å². The highest BCUT2D eigenvalue weighted by atomic mass is 79.9. The molecule has 3 nitrogen and oxygen atoms in total. The molecule has 0 aliphatic heterocycles. The van der Waals surface area contributed by atoms with Crippen LogP contribution in [0.15, 0.2) is 34.8 Å². The summed E-state index contributed by atoms with van der Waals surface area (Å²) in [6.07, 6.45) is 0. The second kappa shape index (κ2) is 5.54. The Morgan fingerprint density at radius 3 is 2.78 bits per heavy atom. The molecule has 0 saturated carbocycles. The number of benzene rings is 1. The van der Waals surface area contributed by atoms with Crippen molar-refractivity contribution in [3.63, 3.8) is 0 Å². The molecule has 0 fully saturated rings. The van der Waals surface area contributed by atoms with Crippen LogP contribution < -0.4 is 4.74 Å². The van der Waals surface area contributed by atoms with Crippen LogP contribution in [-0.4, -0.2) is 11.1 Å². The molecule has 2 aromatic rings. The molecule has 18 heavy (non-hydrogen) atoms. The molecule has 2 rings (SSSR count). The highest BCUT2D eigenvalue weighted by Crippen LogP contribution is 2.27. The van der Waals surface area contributed by atoms with Crippen LogP contribution in [0.3, 0.4) is 0 Å². The van der Waals surface area contributed by atoms with E-state index in [2.05, 4.69) is 15.9 Å². The monoisotopic (exact) mass is 326 g/mol. The van der Waals surface area contributed by atoms with Crippen LogP contribution in [0.5, 0.6) is 5.75 Å². The summed E-state index contributed by atoms with van der Waals surface area (Å²) in [5.74, 6) is -0.143. The molecule has 94 valence electrons. The normalized spacial score (nSPS) is 10.3. The zero-order valence-electron chi connectivity index (χ0n) is 9.64. The van der Waals surface area contributed by atoms with Crippen molar-refractivity contribution in [2.24, 2.45) is 0 Å². The standard InChI is InChI=1S/C13H11BrO3S/c1-8-9(6-12(18-8)13(15)16)7-17-11-5-3-2-4-10(11)14/h2-6H,7H2,1H3,(H,15,16). The quantitative estimate of drug-likeness (QED) is 0.920. The van der Waals surface area contributed by atoms with Crippen LogP contribution in [0.25, 0.3) is 0 Å². The van der Waals surface area contributed by atoms with E-state index in [4.69, 9.17) is 9.84 Å². The van der Waals surface area contributed by atoms with Gasteiger partial charge in [0, 0.05) is 10.4 Å². The van der Waals surface area contributed by atoms with Gasteiger partial charge in [-0.15, -0.1) is 11.3 Å². The second-order valence-corrected chi connectivity index (χ2v) is 5.83. The number of halogens is 1. The smallest absolute Gasteiger partial charge is 0.345 e. The van der Waals surface area contributed by atoms with Crippen molar-refractivity contribution in [2.75, 3.05) is 0 Å². The zero-order valence-corrected chi connectivity index (χ0v) is 12.0. The summed E-state index contributed by atoms with van der Waals surface area (Å²) in [4.78, 5) is 12.2. The Kier molecular flexibility index (Phi) is 4.04. The fraction of sp³-hybridized carbons (Fsp3) is 0.154. The summed E-state index contributed by atoms with van der Waals surface area (Å²) in [5, 5.41) is 8.91. The predicted molar refractivity (Wildman–Crippen MR) is 74.5 cm³/mol. The number of carboxylic acid groups (broad SMARTS) is 1. The Morgan fingerprint density at radius 1 is 1.44 bits per heavy atom. The predicted octanol–water partition coefficient (Wildman–Crippen LogP) is 4.10. The lowest BCUT2D eigenvalue weighted by Crippen LogP contribution is -1.96. The first kappa shape index (κ1) is 13.1. The number of aromatic carboxylic acids is 1. The Morgan fingerprint density at radius 2 is 2.17 bits per heavy atom. The van der Waals surface area contributed by atoms with Gasteiger partial charge in [0.25, 0.3) is 0 Å². The van der Waals surface area contributed by atoms with E-state index in [0.29, 0.717) is 11.5 Å². The summed E-state index contributed by atoms with van der Waals surface area (Å²) in [7, 11) is 0. The minimum absolute atomic E-state index is 0.346. The van der Waals surface area contributed by atoms with Crippen LogP contribution in [0.2, 0.25) is 0 Å². The van der Waals surface area contributed by atoms with Crippen LogP contribution in [0.4, 0.5) is 0 Å². The maximum absolute atomic E-state index is 10.9. The molecular formula is C13H11BrO3S. The van der Waals surface area contributed by atoms with Crippen molar-refractivity contribution in [1.82, 2.24) is 0 Å². The lowest BCUT2D eigenvalue weighted by Gasteiger charge is -2.07. The van der Waals surface area contributed by atoms with E-state index in [1.54, 1.807) is 6.07 Å². The SMILES string of the molecule is Cc1sc(C(=O)O)cc1COc1ccccc1Br. The van der Waals surface area contributed by atoms with E-state index in [1.807, 2.05) is 31.2 Å². The van der Waals surface area contributed by atoms with E-state index < -0.39 is 5.97 Å². The Labute approximate surface area is 117 Å². The highest BCUT2D eigenvalue weighted by molar-refractivity contribution is 9.10. The number of ether oxygens (including phenoxy) is 1. The van der Waals surface area contributed by atoms with Gasteiger partial charge >= 0.3 is 5.97 Å². The molecule has 1 heterocycles. The molecule has 0 aliphatic rings. The maximum Gasteiger partial charge on any atom is 0.345 e. The molecule has 0 unspecified atom stereocenters. The van der Waals surface area contributed by atoms with Gasteiger partial charge in [0.1, 0.15) is 17.2 Å². The molecule has 1 N–H and O–H groups in total. The minimum atomic E-state index is -0.893. The van der Waals surface area contributed by atoms with E-state index >= 15 is 0 Å². The van der Waals surface area contributed by atoms with Gasteiger partial charge in [-0.1, -0.05) is 12.1 Å². The van der Waals surface area contributed by atoms with E-state index in [9.17, 15) is 4.79 Å². The molecule has 0 amide bonds. The number of rotatable bonds is 4. The van der Waals surface area contributed by atoms with E-state index in [-0.39, 0.29) is 0 Å². The Bertz CT molecular complexity index is 577. The molecule has 0 aliphatic carbocycles. The van der Waals surface area contributed by atoms with Gasteiger partial charge in [-0.2, -0.15) is 0 Å². The highest BCUT2D eigenvalue weighted by Gasteiger charge is 2.11. The molecule has 1 aromatic carbocycles. The van der Waals surface area contributed by atoms with Crippen LogP contribution in [0, 0.1) is 6.92 Å². The fourth-order valence-electron chi connectivity index (χ4n) is 1.49. The van der Waals surface area contributed by atoms with Crippen LogP contribution in [-0.2, 0) is 6.61 Å². The maximum atomic E-state index is 10.9. The Hall–Kier alpha value is -1.33. The average Bonchev–Trinajstić information content (AvgIpc) is 2.70. The van der Waals surface area contributed by atoms with Crippen molar-refractivity contribution in [2.45, 2.75) is 13.5 Å². The molecule has 0 atom stereocenters. The van der Waals surface area contributed by atoms with Gasteiger partial charge in [0.15, 0.2) is 0 Å². The largest absolute Gasteiger partial charge is 0.488 e. The summed E-state index contributed by atoms with van der Waals surface area (Å²) < 4.78 is 6.55. The minimum Gasteiger partial charge on any atom is -0.488 e. The van der Waals surface area contributed by atoms with Gasteiger partial charge < -0.3 is 9.84 Å². The molecule has 0 spiro atoms. The van der Waals surface area contributed by atoms with Gasteiger partial charge in [0.2, 0.25) is 0 Å². The summed E-state index contributed by atoms with van der Waals surface area (Å²) in [6, 6.07) is 9.24. The summed E-state index contributed by atoms with van der Waals surface area (Å²) in [6.45, 7) is 2.27. The third-order valence-electron chi connectivity index (χ3n) is 2.45. The van der Waals surface area contributed by atoms with Crippen molar-refractivity contribution >= 4 is 33.2 Å². The van der Waals surface area contributed by atoms with Crippen LogP contribution in [0.1, 0.15) is 20.1 Å². The third-order valence-corrected chi connectivity index (χ3v) is 4.19. The molecule has 0 radical (unpaired) electrons. The van der Waals surface area contributed by atoms with Crippen molar-refractivity contribution in [3.8, 4) is 5.75 Å². The molecule has 1 aromatic heterocycles. The number of thiophene rings is 1. The average molecular weight is 327 g/mol. The summed E-state index contributed by atoms with van der Waals surface area (Å²) >= 11 is 4.67. The number of carboxylic acids is 1. The number of carbonyl (C=O) groups is 1. The Balaban J connectivity index is 2.11. The van der Waals surface area contributed by atoms with Crippen LogP contribution >= 0.6 is 27.3 Å². The number of hydrogen-bond donors (Lipinski definition) is 1. The van der Waals surface area contributed by atoms with Gasteiger partial charge in [-0.05, 0) is 41.1 Å². The third kappa shape index (κ3) is 2.91. The topological polar surface area (TPSA) is 46.5 Å². The van der Waals surface area contributed by atoms with E-state index in [0.717, 1.165) is 20.7 Å². The first-order valence-electron chi connectivity index (χ1n) is 5.28. The lowest BCUT2D eigenvalue weighted by atomic mass is 10.2. The fourth-order valence-corrected chi connectivity index (χ4v) is 2.75. The first-order chi connectivity index (χ1) is 8.58. The molecular weight excluding hydrogens is 316 g/mol.